The third-order valence-electron chi connectivity index (χ3n) is 6.10. The van der Waals surface area contributed by atoms with Crippen molar-refractivity contribution in [2.24, 2.45) is 13.0 Å². The number of aryl methyl sites for hydroxylation is 1. The van der Waals surface area contributed by atoms with Crippen LogP contribution in [0, 0.1) is 11.7 Å². The summed E-state index contributed by atoms with van der Waals surface area (Å²) in [6.07, 6.45) is 5.04. The standard InChI is InChI=1S/C27H34FN3O2/c1-3-4-12-23(32)18-31(17-20-14-15-20)19-25-26(21-9-6-5-7-10-21)29-30(2)27(25)33-24-13-8-11-22(28)16-24/h5-11,13,16,20,23,32H,3-4,12,14-15,17-19H2,1-2H3/t23-/m0/s1. The summed E-state index contributed by atoms with van der Waals surface area (Å²) in [5.74, 6) is 1.39. The maximum absolute atomic E-state index is 13.8. The van der Waals surface area contributed by atoms with Crippen molar-refractivity contribution >= 4 is 0 Å². The minimum absolute atomic E-state index is 0.339. The van der Waals surface area contributed by atoms with Crippen molar-refractivity contribution in [2.75, 3.05) is 13.1 Å². The molecule has 1 atom stereocenters. The maximum atomic E-state index is 13.8. The van der Waals surface area contributed by atoms with E-state index in [-0.39, 0.29) is 11.9 Å². The molecule has 1 aromatic heterocycles. The van der Waals surface area contributed by atoms with E-state index in [4.69, 9.17) is 9.84 Å². The lowest BCUT2D eigenvalue weighted by Crippen LogP contribution is -2.34. The Hall–Kier alpha value is -2.70. The zero-order chi connectivity index (χ0) is 23.2. The van der Waals surface area contributed by atoms with Crippen LogP contribution in [0.5, 0.6) is 11.6 Å². The number of benzene rings is 2. The summed E-state index contributed by atoms with van der Waals surface area (Å²) >= 11 is 0. The Bertz CT molecular complexity index is 1030. The van der Waals surface area contributed by atoms with E-state index in [1.54, 1.807) is 16.8 Å². The monoisotopic (exact) mass is 451 g/mol. The van der Waals surface area contributed by atoms with Crippen LogP contribution in [0.4, 0.5) is 4.39 Å². The Balaban J connectivity index is 1.66. The van der Waals surface area contributed by atoms with Gasteiger partial charge in [0.15, 0.2) is 0 Å². The number of ether oxygens (including phenoxy) is 1. The van der Waals surface area contributed by atoms with Crippen molar-refractivity contribution in [3.05, 3.63) is 66.0 Å². The largest absolute Gasteiger partial charge is 0.439 e. The summed E-state index contributed by atoms with van der Waals surface area (Å²) in [4.78, 5) is 2.33. The molecule has 0 spiro atoms. The maximum Gasteiger partial charge on any atom is 0.222 e. The van der Waals surface area contributed by atoms with Gasteiger partial charge in [0.05, 0.1) is 11.7 Å². The van der Waals surface area contributed by atoms with Crippen molar-refractivity contribution in [2.45, 2.75) is 51.7 Å². The summed E-state index contributed by atoms with van der Waals surface area (Å²) in [6.45, 7) is 4.33. The molecule has 0 saturated heterocycles. The smallest absolute Gasteiger partial charge is 0.222 e. The molecular formula is C27H34FN3O2. The molecule has 1 N–H and O–H groups in total. The minimum atomic E-state index is -0.354. The molecule has 1 fully saturated rings. The number of rotatable bonds is 12. The topological polar surface area (TPSA) is 50.5 Å². The highest BCUT2D eigenvalue weighted by atomic mass is 19.1. The Morgan fingerprint density at radius 2 is 1.97 bits per heavy atom. The first-order chi connectivity index (χ1) is 16.0. The van der Waals surface area contributed by atoms with Crippen LogP contribution in [0.15, 0.2) is 54.6 Å². The van der Waals surface area contributed by atoms with Crippen molar-refractivity contribution in [1.29, 1.82) is 0 Å². The molecule has 3 aromatic rings. The number of aromatic nitrogens is 2. The van der Waals surface area contributed by atoms with E-state index < -0.39 is 0 Å². The van der Waals surface area contributed by atoms with Gasteiger partial charge in [-0.1, -0.05) is 56.2 Å². The number of halogens is 1. The number of aliphatic hydroxyl groups is 1. The van der Waals surface area contributed by atoms with Crippen LogP contribution >= 0.6 is 0 Å². The van der Waals surface area contributed by atoms with E-state index in [0.29, 0.717) is 30.6 Å². The molecular weight excluding hydrogens is 417 g/mol. The molecule has 1 aliphatic rings. The molecule has 5 nitrogen and oxygen atoms in total. The number of hydrogen-bond donors (Lipinski definition) is 1. The van der Waals surface area contributed by atoms with Crippen LogP contribution in [0.3, 0.4) is 0 Å². The predicted molar refractivity (Wildman–Crippen MR) is 129 cm³/mol. The van der Waals surface area contributed by atoms with E-state index in [2.05, 4.69) is 11.8 Å². The average Bonchev–Trinajstić information content (AvgIpc) is 3.57. The quantitative estimate of drug-likeness (QED) is 0.379. The number of unbranched alkanes of at least 4 members (excludes halogenated alkanes) is 1. The molecule has 0 bridgehead atoms. The highest BCUT2D eigenvalue weighted by Crippen LogP contribution is 2.36. The second-order valence-electron chi connectivity index (χ2n) is 9.11. The lowest BCUT2D eigenvalue weighted by Gasteiger charge is -2.25. The van der Waals surface area contributed by atoms with Crippen LogP contribution < -0.4 is 4.74 Å². The minimum Gasteiger partial charge on any atom is -0.439 e. The molecule has 176 valence electrons. The summed E-state index contributed by atoms with van der Waals surface area (Å²) in [6, 6.07) is 16.2. The fourth-order valence-corrected chi connectivity index (χ4v) is 4.21. The SMILES string of the molecule is CCCC[C@H](O)CN(Cc1c(-c2ccccc2)nn(C)c1Oc1cccc(F)c1)CC1CC1. The summed E-state index contributed by atoms with van der Waals surface area (Å²) in [5.41, 5.74) is 2.82. The van der Waals surface area contributed by atoms with Crippen molar-refractivity contribution < 1.29 is 14.2 Å². The molecule has 0 radical (unpaired) electrons. The lowest BCUT2D eigenvalue weighted by atomic mass is 10.1. The van der Waals surface area contributed by atoms with Gasteiger partial charge in [-0.15, -0.1) is 0 Å². The summed E-state index contributed by atoms with van der Waals surface area (Å²) < 4.78 is 21.7. The normalized spacial score (nSPS) is 14.6. The van der Waals surface area contributed by atoms with Gasteiger partial charge in [-0.05, 0) is 37.3 Å². The zero-order valence-corrected chi connectivity index (χ0v) is 19.6. The fraction of sp³-hybridized carbons (Fsp3) is 0.444. The number of hydrogen-bond acceptors (Lipinski definition) is 4. The van der Waals surface area contributed by atoms with E-state index in [0.717, 1.165) is 42.6 Å². The Labute approximate surface area is 195 Å². The summed E-state index contributed by atoms with van der Waals surface area (Å²) in [5, 5.41) is 15.4. The molecule has 33 heavy (non-hydrogen) atoms. The number of nitrogens with zero attached hydrogens (tertiary/aromatic N) is 3. The van der Waals surface area contributed by atoms with Crippen LogP contribution in [-0.2, 0) is 13.6 Å². The van der Waals surface area contributed by atoms with Gasteiger partial charge < -0.3 is 9.84 Å². The molecule has 0 aliphatic heterocycles. The second kappa shape index (κ2) is 10.9. The highest BCUT2D eigenvalue weighted by Gasteiger charge is 2.28. The molecule has 1 saturated carbocycles. The van der Waals surface area contributed by atoms with E-state index >= 15 is 0 Å². The summed E-state index contributed by atoms with van der Waals surface area (Å²) in [7, 11) is 1.85. The number of aliphatic hydroxyl groups excluding tert-OH is 1. The second-order valence-corrected chi connectivity index (χ2v) is 9.11. The van der Waals surface area contributed by atoms with Gasteiger partial charge in [0, 0.05) is 38.3 Å². The molecule has 0 amide bonds. The van der Waals surface area contributed by atoms with Crippen LogP contribution in [-0.4, -0.2) is 39.0 Å². The lowest BCUT2D eigenvalue weighted by molar-refractivity contribution is 0.0966. The van der Waals surface area contributed by atoms with Gasteiger partial charge in [-0.3, -0.25) is 4.90 Å². The molecule has 1 heterocycles. The highest BCUT2D eigenvalue weighted by molar-refractivity contribution is 5.65. The van der Waals surface area contributed by atoms with Crippen molar-refractivity contribution in [3.63, 3.8) is 0 Å². The molecule has 4 rings (SSSR count). The van der Waals surface area contributed by atoms with Gasteiger partial charge in [0.25, 0.3) is 0 Å². The van der Waals surface area contributed by atoms with Gasteiger partial charge in [0.1, 0.15) is 17.3 Å². The van der Waals surface area contributed by atoms with E-state index in [1.807, 2.05) is 37.4 Å². The molecule has 0 unspecified atom stereocenters. The van der Waals surface area contributed by atoms with Gasteiger partial charge in [-0.2, -0.15) is 5.10 Å². The molecule has 6 heteroatoms. The van der Waals surface area contributed by atoms with Crippen LogP contribution in [0.25, 0.3) is 11.3 Å². The van der Waals surface area contributed by atoms with Gasteiger partial charge >= 0.3 is 0 Å². The van der Waals surface area contributed by atoms with Gasteiger partial charge in [-0.25, -0.2) is 9.07 Å². The van der Waals surface area contributed by atoms with E-state index in [1.165, 1.54) is 25.0 Å². The Kier molecular flexibility index (Phi) is 7.78. The first-order valence-corrected chi connectivity index (χ1v) is 12.0. The first kappa shape index (κ1) is 23.5. The van der Waals surface area contributed by atoms with Crippen LogP contribution in [0.1, 0.15) is 44.6 Å². The van der Waals surface area contributed by atoms with Gasteiger partial charge in [0.2, 0.25) is 5.88 Å². The average molecular weight is 452 g/mol. The zero-order valence-electron chi connectivity index (χ0n) is 19.6. The molecule has 2 aromatic carbocycles. The third kappa shape index (κ3) is 6.42. The first-order valence-electron chi connectivity index (χ1n) is 12.0. The van der Waals surface area contributed by atoms with Crippen LogP contribution in [0.2, 0.25) is 0 Å². The Morgan fingerprint density at radius 1 is 1.18 bits per heavy atom. The van der Waals surface area contributed by atoms with E-state index in [9.17, 15) is 9.50 Å². The third-order valence-corrected chi connectivity index (χ3v) is 6.10. The van der Waals surface area contributed by atoms with Crippen molar-refractivity contribution in [3.8, 4) is 22.9 Å². The van der Waals surface area contributed by atoms with Crippen molar-refractivity contribution in [1.82, 2.24) is 14.7 Å². The fourth-order valence-electron chi connectivity index (χ4n) is 4.21. The Morgan fingerprint density at radius 3 is 2.67 bits per heavy atom. The predicted octanol–water partition coefficient (Wildman–Crippen LogP) is 5.78. The molecule has 1 aliphatic carbocycles.